The summed E-state index contributed by atoms with van der Waals surface area (Å²) in [6.45, 7) is 3.09. The molecule has 1 rings (SSSR count). The van der Waals surface area contributed by atoms with E-state index in [1.807, 2.05) is 0 Å². The Morgan fingerprint density at radius 2 is 2.00 bits per heavy atom. The molecule has 0 bridgehead atoms. The summed E-state index contributed by atoms with van der Waals surface area (Å²) in [6, 6.07) is 0. The lowest BCUT2D eigenvalue weighted by Crippen LogP contribution is -2.16. The van der Waals surface area contributed by atoms with Crippen molar-refractivity contribution in [3.63, 3.8) is 0 Å². The van der Waals surface area contributed by atoms with E-state index in [9.17, 15) is 0 Å². The first-order chi connectivity index (χ1) is 5.83. The van der Waals surface area contributed by atoms with Gasteiger partial charge in [-0.25, -0.2) is 0 Å². The molecule has 1 fully saturated rings. The molecule has 0 heterocycles. The Labute approximate surface area is 80.5 Å². The van der Waals surface area contributed by atoms with Gasteiger partial charge in [0.05, 0.1) is 0 Å². The maximum atomic E-state index is 5.57. The summed E-state index contributed by atoms with van der Waals surface area (Å²) in [7, 11) is 0. The summed E-state index contributed by atoms with van der Waals surface area (Å²) in [5.74, 6) is 1.97. The summed E-state index contributed by atoms with van der Waals surface area (Å²) in [5.41, 5.74) is 5.57. The zero-order valence-corrected chi connectivity index (χ0v) is 8.91. The van der Waals surface area contributed by atoms with Gasteiger partial charge in [-0.2, -0.15) is 11.8 Å². The van der Waals surface area contributed by atoms with Crippen molar-refractivity contribution < 1.29 is 0 Å². The Morgan fingerprint density at radius 3 is 2.58 bits per heavy atom. The fraction of sp³-hybridized carbons (Fsp3) is 1.00. The number of nitrogens with two attached hydrogens (primary N) is 1. The molecule has 0 amide bonds. The normalized spacial score (nSPS) is 22.5. The number of thioether (sulfide) groups is 1. The van der Waals surface area contributed by atoms with Crippen molar-refractivity contribution in [1.82, 2.24) is 0 Å². The molecule has 0 spiro atoms. The Morgan fingerprint density at radius 1 is 1.33 bits per heavy atom. The molecule has 0 saturated heterocycles. The number of rotatable bonds is 4. The van der Waals surface area contributed by atoms with Gasteiger partial charge < -0.3 is 5.73 Å². The van der Waals surface area contributed by atoms with Crippen LogP contribution in [0.1, 0.15) is 39.0 Å². The van der Waals surface area contributed by atoms with Gasteiger partial charge >= 0.3 is 0 Å². The molecular formula is C10H21NS. The van der Waals surface area contributed by atoms with Crippen LogP contribution in [-0.4, -0.2) is 17.5 Å². The van der Waals surface area contributed by atoms with Crippen LogP contribution in [0.15, 0.2) is 0 Å². The van der Waals surface area contributed by atoms with Gasteiger partial charge in [0.25, 0.3) is 0 Å². The molecule has 12 heavy (non-hydrogen) atoms. The number of hydrogen-bond donors (Lipinski definition) is 1. The van der Waals surface area contributed by atoms with Crippen molar-refractivity contribution in [2.24, 2.45) is 11.7 Å². The molecule has 72 valence electrons. The van der Waals surface area contributed by atoms with Crippen molar-refractivity contribution in [3.05, 3.63) is 0 Å². The maximum Gasteiger partial charge on any atom is 0.00471 e. The quantitative estimate of drug-likeness (QED) is 0.732. The highest BCUT2D eigenvalue weighted by atomic mass is 32.2. The number of hydrogen-bond acceptors (Lipinski definition) is 2. The van der Waals surface area contributed by atoms with Crippen LogP contribution < -0.4 is 5.73 Å². The van der Waals surface area contributed by atoms with Crippen LogP contribution >= 0.6 is 11.8 Å². The lowest BCUT2D eigenvalue weighted by atomic mass is 10.0. The second-order valence-electron chi connectivity index (χ2n) is 3.93. The molecular weight excluding hydrogens is 166 g/mol. The van der Waals surface area contributed by atoms with E-state index < -0.39 is 0 Å². The topological polar surface area (TPSA) is 26.0 Å². The summed E-state index contributed by atoms with van der Waals surface area (Å²) < 4.78 is 0. The zero-order valence-electron chi connectivity index (χ0n) is 8.09. The molecule has 1 saturated carbocycles. The zero-order chi connectivity index (χ0) is 8.81. The molecule has 0 aromatic heterocycles. The van der Waals surface area contributed by atoms with E-state index in [0.29, 0.717) is 5.92 Å². The average molecular weight is 187 g/mol. The molecule has 1 nitrogen and oxygen atoms in total. The molecule has 0 aliphatic heterocycles. The molecule has 2 N–H and O–H groups in total. The minimum Gasteiger partial charge on any atom is -0.330 e. The van der Waals surface area contributed by atoms with E-state index in [0.717, 1.165) is 11.8 Å². The van der Waals surface area contributed by atoms with Gasteiger partial charge in [-0.05, 0) is 31.1 Å². The third-order valence-corrected chi connectivity index (χ3v) is 4.28. The van der Waals surface area contributed by atoms with E-state index in [1.54, 1.807) is 0 Å². The average Bonchev–Trinajstić information content (AvgIpc) is 2.16. The van der Waals surface area contributed by atoms with E-state index in [4.69, 9.17) is 5.73 Å². The third-order valence-electron chi connectivity index (χ3n) is 2.57. The fourth-order valence-electron chi connectivity index (χ4n) is 1.60. The van der Waals surface area contributed by atoms with Crippen molar-refractivity contribution in [3.8, 4) is 0 Å². The van der Waals surface area contributed by atoms with Crippen LogP contribution in [-0.2, 0) is 0 Å². The molecule has 0 aromatic rings. The Balaban J connectivity index is 2.05. The van der Waals surface area contributed by atoms with Crippen molar-refractivity contribution >= 4 is 11.8 Å². The summed E-state index contributed by atoms with van der Waals surface area (Å²) in [4.78, 5) is 0. The predicted octanol–water partition coefficient (Wildman–Crippen LogP) is 2.65. The lowest BCUT2D eigenvalue weighted by molar-refractivity contribution is 0.514. The lowest BCUT2D eigenvalue weighted by Gasteiger charge is -2.22. The molecule has 1 atom stereocenters. The highest BCUT2D eigenvalue weighted by Gasteiger charge is 2.14. The highest BCUT2D eigenvalue weighted by Crippen LogP contribution is 2.29. The van der Waals surface area contributed by atoms with E-state index in [1.165, 1.54) is 37.9 Å². The predicted molar refractivity (Wildman–Crippen MR) is 57.5 cm³/mol. The van der Waals surface area contributed by atoms with Gasteiger partial charge in [-0.1, -0.05) is 26.2 Å². The Hall–Kier alpha value is 0.310. The molecule has 0 radical (unpaired) electrons. The van der Waals surface area contributed by atoms with E-state index >= 15 is 0 Å². The van der Waals surface area contributed by atoms with Gasteiger partial charge in [0.15, 0.2) is 0 Å². The monoisotopic (exact) mass is 187 g/mol. The fourth-order valence-corrected chi connectivity index (χ4v) is 3.00. The first kappa shape index (κ1) is 10.4. The first-order valence-corrected chi connectivity index (χ1v) is 6.19. The van der Waals surface area contributed by atoms with Gasteiger partial charge in [0.2, 0.25) is 0 Å². The van der Waals surface area contributed by atoms with Crippen LogP contribution in [0.25, 0.3) is 0 Å². The Kier molecular flexibility index (Phi) is 5.08. The molecule has 2 heteroatoms. The van der Waals surface area contributed by atoms with Gasteiger partial charge in [-0.3, -0.25) is 0 Å². The van der Waals surface area contributed by atoms with E-state index in [-0.39, 0.29) is 0 Å². The van der Waals surface area contributed by atoms with Crippen LogP contribution in [0.3, 0.4) is 0 Å². The minimum atomic E-state index is 0.705. The molecule has 0 aromatic carbocycles. The SMILES string of the molecule is CC(CN)CSC1CCCCC1. The summed E-state index contributed by atoms with van der Waals surface area (Å²) in [6.07, 6.45) is 7.26. The second-order valence-corrected chi connectivity index (χ2v) is 5.27. The molecule has 1 aliphatic carbocycles. The standard InChI is InChI=1S/C10H21NS/c1-9(7-11)8-12-10-5-3-2-4-6-10/h9-10H,2-8,11H2,1H3. The first-order valence-electron chi connectivity index (χ1n) is 5.14. The van der Waals surface area contributed by atoms with Gasteiger partial charge in [-0.15, -0.1) is 0 Å². The van der Waals surface area contributed by atoms with Crippen molar-refractivity contribution in [2.75, 3.05) is 12.3 Å². The van der Waals surface area contributed by atoms with Gasteiger partial charge in [0.1, 0.15) is 0 Å². The van der Waals surface area contributed by atoms with Crippen molar-refractivity contribution in [1.29, 1.82) is 0 Å². The Bertz CT molecular complexity index is 110. The summed E-state index contributed by atoms with van der Waals surface area (Å²) in [5, 5.41) is 0.952. The van der Waals surface area contributed by atoms with E-state index in [2.05, 4.69) is 18.7 Å². The highest BCUT2D eigenvalue weighted by molar-refractivity contribution is 7.99. The van der Waals surface area contributed by atoms with Crippen LogP contribution in [0.4, 0.5) is 0 Å². The largest absolute Gasteiger partial charge is 0.330 e. The van der Waals surface area contributed by atoms with Crippen LogP contribution in [0, 0.1) is 5.92 Å². The smallest absolute Gasteiger partial charge is 0.00471 e. The molecule has 1 unspecified atom stereocenters. The minimum absolute atomic E-state index is 0.705. The van der Waals surface area contributed by atoms with Gasteiger partial charge in [0, 0.05) is 5.25 Å². The van der Waals surface area contributed by atoms with Crippen LogP contribution in [0.5, 0.6) is 0 Å². The second kappa shape index (κ2) is 5.87. The van der Waals surface area contributed by atoms with Crippen LogP contribution in [0.2, 0.25) is 0 Å². The molecule has 1 aliphatic rings. The third kappa shape index (κ3) is 3.81. The maximum absolute atomic E-state index is 5.57. The van der Waals surface area contributed by atoms with Crippen molar-refractivity contribution in [2.45, 2.75) is 44.3 Å². The summed E-state index contributed by atoms with van der Waals surface area (Å²) >= 11 is 2.15.